The first kappa shape index (κ1) is 26.5. The van der Waals surface area contributed by atoms with Gasteiger partial charge in [0.2, 0.25) is 0 Å². The van der Waals surface area contributed by atoms with Crippen LogP contribution >= 0.6 is 11.6 Å². The number of ether oxygens (including phenoxy) is 1. The molecule has 4 rings (SSSR count). The minimum absolute atomic E-state index is 0.0920. The molecule has 198 valence electrons. The molecule has 2 aromatic rings. The normalized spacial score (nSPS) is 16.5. The molecule has 0 aliphatic carbocycles. The third-order valence-electron chi connectivity index (χ3n) is 6.14. The fraction of sp³-hybridized carbons (Fsp3) is 0.391. The van der Waals surface area contributed by atoms with Gasteiger partial charge in [0.25, 0.3) is 11.6 Å². The lowest BCUT2D eigenvalue weighted by Gasteiger charge is -2.36. The zero-order valence-electron chi connectivity index (χ0n) is 19.5. The zero-order valence-corrected chi connectivity index (χ0v) is 20.2. The summed E-state index contributed by atoms with van der Waals surface area (Å²) in [6.07, 6.45) is -4.91. The van der Waals surface area contributed by atoms with E-state index in [2.05, 4.69) is 5.32 Å². The Balaban J connectivity index is 1.43. The smallest absolute Gasteiger partial charge is 0.378 e. The van der Waals surface area contributed by atoms with Crippen molar-refractivity contribution in [3.05, 3.63) is 57.1 Å². The third-order valence-corrected chi connectivity index (χ3v) is 6.44. The molecule has 37 heavy (non-hydrogen) atoms. The molecule has 2 heterocycles. The van der Waals surface area contributed by atoms with Crippen molar-refractivity contribution in [2.75, 3.05) is 67.6 Å². The highest BCUT2D eigenvalue weighted by atomic mass is 35.5. The number of alkyl halides is 3. The minimum atomic E-state index is -4.91. The van der Waals surface area contributed by atoms with E-state index >= 15 is 0 Å². The average molecular weight is 542 g/mol. The number of benzene rings is 2. The Bertz CT molecular complexity index is 1200. The summed E-state index contributed by atoms with van der Waals surface area (Å²) in [7, 11) is 0. The second kappa shape index (κ2) is 10.8. The number of carbonyl (C=O) groups is 2. The van der Waals surface area contributed by atoms with Crippen LogP contribution in [0.15, 0.2) is 36.4 Å². The van der Waals surface area contributed by atoms with E-state index in [0.717, 1.165) is 4.90 Å². The van der Waals surface area contributed by atoms with Gasteiger partial charge in [-0.3, -0.25) is 19.7 Å². The molecule has 0 saturated carbocycles. The number of hydrogen-bond acceptors (Lipinski definition) is 7. The van der Waals surface area contributed by atoms with Gasteiger partial charge in [-0.05, 0) is 30.3 Å². The number of nitrogens with one attached hydrogen (secondary N) is 1. The molecule has 1 N–H and O–H groups in total. The van der Waals surface area contributed by atoms with Gasteiger partial charge in [-0.2, -0.15) is 13.2 Å². The lowest BCUT2D eigenvalue weighted by Crippen LogP contribution is -2.52. The van der Waals surface area contributed by atoms with Gasteiger partial charge in [-0.1, -0.05) is 11.6 Å². The molecule has 2 aliphatic rings. The fourth-order valence-corrected chi connectivity index (χ4v) is 4.56. The first-order chi connectivity index (χ1) is 17.5. The predicted molar refractivity (Wildman–Crippen MR) is 130 cm³/mol. The van der Waals surface area contributed by atoms with Crippen LogP contribution in [0.1, 0.15) is 10.4 Å². The molecule has 0 atom stereocenters. The number of amides is 2. The lowest BCUT2D eigenvalue weighted by molar-refractivity contribution is -0.384. The number of piperazine rings is 1. The summed E-state index contributed by atoms with van der Waals surface area (Å²) in [4.78, 5) is 39.7. The molecule has 10 nitrogen and oxygen atoms in total. The highest BCUT2D eigenvalue weighted by molar-refractivity contribution is 6.33. The van der Waals surface area contributed by atoms with Crippen molar-refractivity contribution in [1.29, 1.82) is 0 Å². The van der Waals surface area contributed by atoms with Crippen molar-refractivity contribution in [2.45, 2.75) is 6.18 Å². The average Bonchev–Trinajstić information content (AvgIpc) is 2.88. The van der Waals surface area contributed by atoms with E-state index in [1.54, 1.807) is 17.0 Å². The summed E-state index contributed by atoms with van der Waals surface area (Å²) in [6, 6.07) is 8.94. The van der Waals surface area contributed by atoms with Crippen LogP contribution in [0.3, 0.4) is 0 Å². The van der Waals surface area contributed by atoms with Gasteiger partial charge < -0.3 is 24.8 Å². The number of halogens is 4. The molecule has 2 aromatic carbocycles. The summed E-state index contributed by atoms with van der Waals surface area (Å²) in [5, 5.41) is 14.6. The van der Waals surface area contributed by atoms with E-state index in [0.29, 0.717) is 43.4 Å². The second-order valence-corrected chi connectivity index (χ2v) is 8.86. The number of rotatable bonds is 5. The van der Waals surface area contributed by atoms with Crippen LogP contribution in [-0.2, 0) is 9.53 Å². The Morgan fingerprint density at radius 2 is 1.57 bits per heavy atom. The summed E-state index contributed by atoms with van der Waals surface area (Å²) >= 11 is 6.38. The maximum absolute atomic E-state index is 12.8. The third kappa shape index (κ3) is 6.05. The second-order valence-electron chi connectivity index (χ2n) is 8.46. The van der Waals surface area contributed by atoms with Crippen molar-refractivity contribution in [3.8, 4) is 0 Å². The number of carbonyl (C=O) groups excluding carboxylic acids is 2. The molecule has 14 heteroatoms. The highest BCUT2D eigenvalue weighted by Gasteiger charge is 2.43. The Morgan fingerprint density at radius 1 is 0.946 bits per heavy atom. The number of nitro groups is 1. The highest BCUT2D eigenvalue weighted by Crippen LogP contribution is 2.32. The summed E-state index contributed by atoms with van der Waals surface area (Å²) in [5.74, 6) is -2.44. The quantitative estimate of drug-likeness (QED) is 0.455. The first-order valence-electron chi connectivity index (χ1n) is 11.4. The van der Waals surface area contributed by atoms with E-state index in [1.165, 1.54) is 24.3 Å². The molecule has 2 saturated heterocycles. The Labute approximate surface area is 214 Å². The zero-order chi connectivity index (χ0) is 26.7. The standard InChI is InChI=1S/C23H23ClF3N5O5/c24-17-14-16(2-4-18(17)29-5-7-31(8-6-29)22(34)23(25,26)27)28-21(33)15-1-3-19(20(13-15)32(35)36)30-9-11-37-12-10-30/h1-4,13-14H,5-12H2,(H,28,33). The minimum Gasteiger partial charge on any atom is -0.378 e. The van der Waals surface area contributed by atoms with Crippen LogP contribution in [0.4, 0.5) is 35.9 Å². The van der Waals surface area contributed by atoms with Crippen LogP contribution in [0, 0.1) is 10.1 Å². The van der Waals surface area contributed by atoms with Crippen LogP contribution < -0.4 is 15.1 Å². The molecule has 0 radical (unpaired) electrons. The summed E-state index contributed by atoms with van der Waals surface area (Å²) < 4.78 is 43.3. The molecular weight excluding hydrogens is 519 g/mol. The van der Waals surface area contributed by atoms with Crippen LogP contribution in [-0.4, -0.2) is 80.3 Å². The van der Waals surface area contributed by atoms with Gasteiger partial charge in [-0.25, -0.2) is 0 Å². The van der Waals surface area contributed by atoms with E-state index in [4.69, 9.17) is 16.3 Å². The van der Waals surface area contributed by atoms with Gasteiger partial charge in [0.05, 0.1) is 28.8 Å². The van der Waals surface area contributed by atoms with Crippen LogP contribution in [0.2, 0.25) is 5.02 Å². The van der Waals surface area contributed by atoms with Crippen LogP contribution in [0.5, 0.6) is 0 Å². The number of hydrogen-bond donors (Lipinski definition) is 1. The molecule has 0 aromatic heterocycles. The van der Waals surface area contributed by atoms with Gasteiger partial charge in [0.1, 0.15) is 5.69 Å². The molecule has 0 spiro atoms. The van der Waals surface area contributed by atoms with Gasteiger partial charge in [-0.15, -0.1) is 0 Å². The molecule has 2 aliphatic heterocycles. The largest absolute Gasteiger partial charge is 0.471 e. The van der Waals surface area contributed by atoms with Gasteiger partial charge in [0.15, 0.2) is 0 Å². The van der Waals surface area contributed by atoms with Crippen molar-refractivity contribution in [3.63, 3.8) is 0 Å². The summed E-state index contributed by atoms with van der Waals surface area (Å²) in [5.41, 5.74) is 1.20. The predicted octanol–water partition coefficient (Wildman–Crippen LogP) is 3.55. The molecule has 0 bridgehead atoms. The van der Waals surface area contributed by atoms with E-state index in [1.807, 2.05) is 4.90 Å². The fourth-order valence-electron chi connectivity index (χ4n) is 4.26. The van der Waals surface area contributed by atoms with Crippen molar-refractivity contribution in [1.82, 2.24) is 4.90 Å². The Kier molecular flexibility index (Phi) is 7.73. The van der Waals surface area contributed by atoms with E-state index in [-0.39, 0.29) is 42.5 Å². The van der Waals surface area contributed by atoms with E-state index in [9.17, 15) is 32.9 Å². The summed E-state index contributed by atoms with van der Waals surface area (Å²) in [6.45, 7) is 2.03. The lowest BCUT2D eigenvalue weighted by atomic mass is 10.1. The SMILES string of the molecule is O=C(Nc1ccc(N2CCN(C(=O)C(F)(F)F)CC2)c(Cl)c1)c1ccc(N2CCOCC2)c([N+](=O)[O-])c1. The molecule has 2 fully saturated rings. The van der Waals surface area contributed by atoms with Gasteiger partial charge >= 0.3 is 12.1 Å². The number of nitrogens with zero attached hydrogens (tertiary/aromatic N) is 4. The van der Waals surface area contributed by atoms with Crippen molar-refractivity contribution in [2.24, 2.45) is 0 Å². The maximum atomic E-state index is 12.8. The van der Waals surface area contributed by atoms with Gasteiger partial charge in [0, 0.05) is 56.6 Å². The topological polar surface area (TPSA) is 108 Å². The van der Waals surface area contributed by atoms with Crippen LogP contribution in [0.25, 0.3) is 0 Å². The van der Waals surface area contributed by atoms with Crippen molar-refractivity contribution >= 4 is 46.2 Å². The number of nitro benzene ring substituents is 1. The molecule has 0 unspecified atom stereocenters. The number of anilines is 3. The monoisotopic (exact) mass is 541 g/mol. The Morgan fingerprint density at radius 3 is 2.16 bits per heavy atom. The molecule has 2 amide bonds. The van der Waals surface area contributed by atoms with E-state index < -0.39 is 22.9 Å². The molecular formula is C23H23ClF3N5O5. The van der Waals surface area contributed by atoms with Crippen molar-refractivity contribution < 1.29 is 32.4 Å². The first-order valence-corrected chi connectivity index (χ1v) is 11.8. The Hall–Kier alpha value is -3.58. The number of morpholine rings is 1. The maximum Gasteiger partial charge on any atom is 0.471 e.